The van der Waals surface area contributed by atoms with Crippen LogP contribution in [0.4, 0.5) is 0 Å². The first-order valence-corrected chi connectivity index (χ1v) is 9.01. The van der Waals surface area contributed by atoms with Crippen LogP contribution in [-0.2, 0) is 16.0 Å². The zero-order valence-corrected chi connectivity index (χ0v) is 16.7. The quantitative estimate of drug-likeness (QED) is 0.658. The van der Waals surface area contributed by atoms with Gasteiger partial charge in [0.2, 0.25) is 0 Å². The lowest BCUT2D eigenvalue weighted by Crippen LogP contribution is -2.10. The number of benzene rings is 2. The fourth-order valence-corrected chi connectivity index (χ4v) is 3.08. The monoisotopic (exact) mass is 372 g/mol. The van der Waals surface area contributed by atoms with Crippen LogP contribution < -0.4 is 9.47 Å². The predicted octanol–water partition coefficient (Wildman–Crippen LogP) is 4.46. The minimum atomic E-state index is -0.980. The van der Waals surface area contributed by atoms with E-state index in [1.54, 1.807) is 7.11 Å². The molecule has 0 aromatic heterocycles. The molecule has 0 unspecified atom stereocenters. The molecule has 0 spiro atoms. The van der Waals surface area contributed by atoms with Crippen LogP contribution in [0.5, 0.6) is 11.5 Å². The lowest BCUT2D eigenvalue weighted by Gasteiger charge is -2.17. The van der Waals surface area contributed by atoms with Gasteiger partial charge in [-0.25, -0.2) is 4.79 Å². The van der Waals surface area contributed by atoms with Gasteiger partial charge in [0.15, 0.2) is 13.4 Å². The minimum Gasteiger partial charge on any atom is -0.482 e. The number of hydrogen-bond acceptors (Lipinski definition) is 4. The van der Waals surface area contributed by atoms with Gasteiger partial charge in [-0.05, 0) is 72.2 Å². The number of ether oxygens (including phenoxy) is 3. The van der Waals surface area contributed by atoms with Gasteiger partial charge in [0, 0.05) is 7.11 Å². The Morgan fingerprint density at radius 1 is 1.07 bits per heavy atom. The van der Waals surface area contributed by atoms with E-state index < -0.39 is 5.97 Å². The lowest BCUT2D eigenvalue weighted by atomic mass is 9.93. The van der Waals surface area contributed by atoms with E-state index in [0.717, 1.165) is 28.9 Å². The number of carbonyl (C=O) groups is 1. The number of rotatable bonds is 9. The van der Waals surface area contributed by atoms with Crippen molar-refractivity contribution in [3.8, 4) is 11.5 Å². The van der Waals surface area contributed by atoms with E-state index in [4.69, 9.17) is 19.3 Å². The average Bonchev–Trinajstić information content (AvgIpc) is 2.61. The first-order valence-electron chi connectivity index (χ1n) is 9.01. The molecule has 0 aliphatic heterocycles. The molecule has 1 N–H and O–H groups in total. The molecule has 0 heterocycles. The van der Waals surface area contributed by atoms with Crippen LogP contribution in [0.15, 0.2) is 30.3 Å². The highest BCUT2D eigenvalue weighted by atomic mass is 16.7. The highest BCUT2D eigenvalue weighted by Gasteiger charge is 2.12. The normalized spacial score (nSPS) is 10.9. The van der Waals surface area contributed by atoms with E-state index in [1.807, 2.05) is 32.0 Å². The number of hydrogen-bond donors (Lipinski definition) is 1. The van der Waals surface area contributed by atoms with Gasteiger partial charge >= 0.3 is 5.97 Å². The van der Waals surface area contributed by atoms with Crippen LogP contribution in [-0.4, -0.2) is 31.6 Å². The minimum absolute atomic E-state index is 0.231. The Hall–Kier alpha value is -2.53. The molecule has 0 saturated carbocycles. The van der Waals surface area contributed by atoms with Gasteiger partial charge in [-0.2, -0.15) is 0 Å². The summed E-state index contributed by atoms with van der Waals surface area (Å²) in [5, 5.41) is 8.77. The number of carboxylic acid groups (broad SMARTS) is 1. The smallest absolute Gasteiger partial charge is 0.341 e. The summed E-state index contributed by atoms with van der Waals surface area (Å²) in [4.78, 5) is 10.7. The fraction of sp³-hybridized carbons (Fsp3) is 0.409. The molecule has 0 amide bonds. The molecule has 0 radical (unpaired) electrons. The average molecular weight is 372 g/mol. The van der Waals surface area contributed by atoms with E-state index in [0.29, 0.717) is 11.7 Å². The van der Waals surface area contributed by atoms with E-state index in [9.17, 15) is 4.79 Å². The molecule has 2 rings (SSSR count). The summed E-state index contributed by atoms with van der Waals surface area (Å²) in [6.45, 7) is 8.23. The van der Waals surface area contributed by atoms with Gasteiger partial charge in [-0.15, -0.1) is 0 Å². The summed E-state index contributed by atoms with van der Waals surface area (Å²) in [6.07, 6.45) is 0.793. The third-order valence-electron chi connectivity index (χ3n) is 4.44. The molecular weight excluding hydrogens is 344 g/mol. The van der Waals surface area contributed by atoms with E-state index >= 15 is 0 Å². The van der Waals surface area contributed by atoms with Crippen LogP contribution in [0.3, 0.4) is 0 Å². The summed E-state index contributed by atoms with van der Waals surface area (Å²) in [6, 6.07) is 10.0. The molecule has 0 aliphatic carbocycles. The molecule has 2 aromatic carbocycles. The molecule has 0 aliphatic rings. The SMILES string of the molecule is COCOc1ccc(Cc2c(C)cc(OCC(=O)O)cc2C)cc1C(C)C. The molecule has 0 atom stereocenters. The van der Waals surface area contributed by atoms with Gasteiger partial charge < -0.3 is 19.3 Å². The van der Waals surface area contributed by atoms with Crippen molar-refractivity contribution in [1.29, 1.82) is 0 Å². The topological polar surface area (TPSA) is 65.0 Å². The van der Waals surface area contributed by atoms with Crippen LogP contribution in [0.25, 0.3) is 0 Å². The second-order valence-corrected chi connectivity index (χ2v) is 6.97. The van der Waals surface area contributed by atoms with Crippen LogP contribution in [0, 0.1) is 13.8 Å². The largest absolute Gasteiger partial charge is 0.482 e. The zero-order valence-electron chi connectivity index (χ0n) is 16.7. The molecule has 0 bridgehead atoms. The van der Waals surface area contributed by atoms with Gasteiger partial charge in [-0.3, -0.25) is 0 Å². The maximum atomic E-state index is 10.7. The Labute approximate surface area is 160 Å². The first kappa shape index (κ1) is 20.8. The van der Waals surface area contributed by atoms with Crippen molar-refractivity contribution in [2.75, 3.05) is 20.5 Å². The van der Waals surface area contributed by atoms with Crippen molar-refractivity contribution < 1.29 is 24.1 Å². The molecule has 5 nitrogen and oxygen atoms in total. The van der Waals surface area contributed by atoms with Crippen molar-refractivity contribution in [3.63, 3.8) is 0 Å². The molecule has 27 heavy (non-hydrogen) atoms. The predicted molar refractivity (Wildman–Crippen MR) is 105 cm³/mol. The lowest BCUT2D eigenvalue weighted by molar-refractivity contribution is -0.139. The fourth-order valence-electron chi connectivity index (χ4n) is 3.08. The van der Waals surface area contributed by atoms with E-state index in [2.05, 4.69) is 26.0 Å². The second-order valence-electron chi connectivity index (χ2n) is 6.97. The Balaban J connectivity index is 2.25. The Morgan fingerprint density at radius 3 is 2.30 bits per heavy atom. The van der Waals surface area contributed by atoms with Gasteiger partial charge in [0.1, 0.15) is 11.5 Å². The summed E-state index contributed by atoms with van der Waals surface area (Å²) >= 11 is 0. The number of carboxylic acids is 1. The van der Waals surface area contributed by atoms with Gasteiger partial charge in [0.25, 0.3) is 0 Å². The molecule has 0 saturated heterocycles. The Morgan fingerprint density at radius 2 is 1.74 bits per heavy atom. The summed E-state index contributed by atoms with van der Waals surface area (Å²) < 4.78 is 16.0. The van der Waals surface area contributed by atoms with Crippen LogP contribution in [0.1, 0.15) is 47.6 Å². The molecule has 0 fully saturated rings. The Kier molecular flexibility index (Phi) is 7.25. The molecule has 5 heteroatoms. The van der Waals surface area contributed by atoms with Crippen molar-refractivity contribution in [3.05, 3.63) is 58.1 Å². The maximum absolute atomic E-state index is 10.7. The summed E-state index contributed by atoms with van der Waals surface area (Å²) in [5.74, 6) is 0.793. The third-order valence-corrected chi connectivity index (χ3v) is 4.44. The Bertz CT molecular complexity index is 772. The van der Waals surface area contributed by atoms with Crippen molar-refractivity contribution in [2.45, 2.75) is 40.0 Å². The first-order chi connectivity index (χ1) is 12.8. The zero-order chi connectivity index (χ0) is 20.0. The van der Waals surface area contributed by atoms with Crippen molar-refractivity contribution in [1.82, 2.24) is 0 Å². The number of methoxy groups -OCH3 is 1. The standard InChI is InChI=1S/C22H28O5/c1-14(2)19-10-17(6-7-21(19)27-13-25-5)11-20-15(3)8-18(9-16(20)4)26-12-22(23)24/h6-10,14H,11-13H2,1-5H3,(H,23,24). The van der Waals surface area contributed by atoms with Crippen LogP contribution >= 0.6 is 0 Å². The van der Waals surface area contributed by atoms with Crippen molar-refractivity contribution >= 4 is 5.97 Å². The maximum Gasteiger partial charge on any atom is 0.341 e. The highest BCUT2D eigenvalue weighted by Crippen LogP contribution is 2.30. The van der Waals surface area contributed by atoms with E-state index in [1.165, 1.54) is 11.1 Å². The molecule has 2 aromatic rings. The van der Waals surface area contributed by atoms with Crippen molar-refractivity contribution in [2.24, 2.45) is 0 Å². The molecular formula is C22H28O5. The molecule has 146 valence electrons. The number of aryl methyl sites for hydroxylation is 2. The van der Waals surface area contributed by atoms with Crippen LogP contribution in [0.2, 0.25) is 0 Å². The van der Waals surface area contributed by atoms with Gasteiger partial charge in [-0.1, -0.05) is 26.0 Å². The highest BCUT2D eigenvalue weighted by molar-refractivity contribution is 5.68. The summed E-state index contributed by atoms with van der Waals surface area (Å²) in [7, 11) is 1.61. The van der Waals surface area contributed by atoms with E-state index in [-0.39, 0.29) is 13.4 Å². The number of aliphatic carboxylic acids is 1. The third kappa shape index (κ3) is 5.73. The second kappa shape index (κ2) is 9.42. The van der Waals surface area contributed by atoms with Gasteiger partial charge in [0.05, 0.1) is 0 Å². The summed E-state index contributed by atoms with van der Waals surface area (Å²) in [5.41, 5.74) is 5.75.